The topological polar surface area (TPSA) is 0 Å². The van der Waals surface area contributed by atoms with Gasteiger partial charge in [0, 0.05) is 16.2 Å². The van der Waals surface area contributed by atoms with Crippen LogP contribution >= 0.6 is 23.2 Å². The van der Waals surface area contributed by atoms with Crippen LogP contribution in [-0.2, 0) is 18.3 Å². The summed E-state index contributed by atoms with van der Waals surface area (Å²) >= 11 is 15.4. The molecule has 5 rings (SSSR count). The van der Waals surface area contributed by atoms with Gasteiger partial charge in [-0.1, -0.05) is 107 Å². The fraction of sp³-hybridized carbons (Fsp3) is 0.625. The summed E-state index contributed by atoms with van der Waals surface area (Å²) in [4.78, 5) is 0. The van der Waals surface area contributed by atoms with Crippen LogP contribution in [0.5, 0.6) is 0 Å². The Kier molecular flexibility index (Phi) is 6.89. The highest BCUT2D eigenvalue weighted by atomic mass is 35.5. The summed E-state index contributed by atoms with van der Waals surface area (Å²) in [5.41, 5.74) is 5.62. The van der Waals surface area contributed by atoms with Crippen LogP contribution in [0.2, 0.25) is 0 Å². The number of alkyl halides is 2. The third-order valence-corrected chi connectivity index (χ3v) is 11.4. The van der Waals surface area contributed by atoms with E-state index in [1.807, 2.05) is 0 Å². The van der Waals surface area contributed by atoms with Crippen molar-refractivity contribution in [3.63, 3.8) is 0 Å². The summed E-state index contributed by atoms with van der Waals surface area (Å²) in [5, 5.41) is 0. The molecule has 0 bridgehead atoms. The molecule has 184 valence electrons. The van der Waals surface area contributed by atoms with E-state index in [0.29, 0.717) is 0 Å². The number of halogens is 2. The zero-order valence-electron chi connectivity index (χ0n) is 21.3. The maximum atomic E-state index is 7.69. The monoisotopic (exact) mass is 496 g/mol. The van der Waals surface area contributed by atoms with Gasteiger partial charge in [-0.25, -0.2) is 0 Å². The second-order valence-corrected chi connectivity index (χ2v) is 13.0. The van der Waals surface area contributed by atoms with Gasteiger partial charge in [-0.15, -0.1) is 23.2 Å². The Bertz CT molecular complexity index is 916. The van der Waals surface area contributed by atoms with Gasteiger partial charge >= 0.3 is 0 Å². The van der Waals surface area contributed by atoms with E-state index in [1.54, 1.807) is 0 Å². The molecule has 0 saturated heterocycles. The summed E-state index contributed by atoms with van der Waals surface area (Å²) < 4.78 is -0.676. The van der Waals surface area contributed by atoms with Gasteiger partial charge in [0.15, 0.2) is 0 Å². The second-order valence-electron chi connectivity index (χ2n) is 11.7. The molecule has 3 saturated carbocycles. The normalized spacial score (nSPS) is 26.9. The molecule has 2 spiro atoms. The molecule has 34 heavy (non-hydrogen) atoms. The minimum atomic E-state index is -0.676. The van der Waals surface area contributed by atoms with E-state index >= 15 is 0 Å². The first kappa shape index (κ1) is 24.7. The third kappa shape index (κ3) is 3.53. The maximum Gasteiger partial charge on any atom is 0.130 e. The summed E-state index contributed by atoms with van der Waals surface area (Å²) in [7, 11) is 0. The highest BCUT2D eigenvalue weighted by Gasteiger charge is 2.78. The largest absolute Gasteiger partial charge is 0.130 e. The lowest BCUT2D eigenvalue weighted by molar-refractivity contribution is -0.140. The first-order valence-corrected chi connectivity index (χ1v) is 14.8. The first-order valence-electron chi connectivity index (χ1n) is 14.0. The van der Waals surface area contributed by atoms with Crippen LogP contribution < -0.4 is 0 Å². The molecule has 1 atom stereocenters. The Balaban J connectivity index is 1.66. The number of benzene rings is 2. The molecule has 0 aromatic heterocycles. The van der Waals surface area contributed by atoms with Crippen molar-refractivity contribution in [2.75, 3.05) is 0 Å². The van der Waals surface area contributed by atoms with Crippen molar-refractivity contribution in [2.24, 2.45) is 10.8 Å². The van der Waals surface area contributed by atoms with Gasteiger partial charge in [-0.05, 0) is 67.2 Å². The standard InChI is InChI=1S/C32H42Cl2/c1-3-10-25-12-16-27(17-13-25)31(28-18-14-26(11-4-2)15-19-28)23-9-8-22-30(31)24-29(32(30,33)34)20-6-5-7-21-29/h12-19H,3-11,20-24H2,1-2H3. The Morgan fingerprint density at radius 2 is 1.09 bits per heavy atom. The van der Waals surface area contributed by atoms with Gasteiger partial charge in [-0.3, -0.25) is 0 Å². The van der Waals surface area contributed by atoms with E-state index in [1.165, 1.54) is 86.5 Å². The van der Waals surface area contributed by atoms with E-state index in [-0.39, 0.29) is 16.2 Å². The molecule has 2 heteroatoms. The Morgan fingerprint density at radius 3 is 1.56 bits per heavy atom. The molecular formula is C32H42Cl2. The van der Waals surface area contributed by atoms with Gasteiger partial charge in [0.05, 0.1) is 0 Å². The predicted molar refractivity (Wildman–Crippen MR) is 147 cm³/mol. The molecule has 0 nitrogen and oxygen atoms in total. The quantitative estimate of drug-likeness (QED) is 0.348. The number of hydrogen-bond donors (Lipinski definition) is 0. The number of rotatable bonds is 6. The van der Waals surface area contributed by atoms with E-state index in [4.69, 9.17) is 23.2 Å². The summed E-state index contributed by atoms with van der Waals surface area (Å²) in [6.07, 6.45) is 16.9. The van der Waals surface area contributed by atoms with Crippen LogP contribution in [0.25, 0.3) is 0 Å². The minimum absolute atomic E-state index is 0.0985. The van der Waals surface area contributed by atoms with Crippen molar-refractivity contribution in [3.05, 3.63) is 70.8 Å². The Labute approximate surface area is 217 Å². The molecule has 0 aliphatic heterocycles. The fourth-order valence-electron chi connectivity index (χ4n) is 8.35. The van der Waals surface area contributed by atoms with Crippen LogP contribution in [0.15, 0.2) is 48.5 Å². The van der Waals surface area contributed by atoms with Crippen molar-refractivity contribution in [2.45, 2.75) is 113 Å². The van der Waals surface area contributed by atoms with Gasteiger partial charge in [0.25, 0.3) is 0 Å². The summed E-state index contributed by atoms with van der Waals surface area (Å²) in [6.45, 7) is 4.52. The van der Waals surface area contributed by atoms with Gasteiger partial charge in [0.2, 0.25) is 0 Å². The van der Waals surface area contributed by atoms with Crippen molar-refractivity contribution < 1.29 is 0 Å². The molecule has 1 unspecified atom stereocenters. The predicted octanol–water partition coefficient (Wildman–Crippen LogP) is 9.97. The van der Waals surface area contributed by atoms with E-state index < -0.39 is 4.33 Å². The summed E-state index contributed by atoms with van der Waals surface area (Å²) in [6, 6.07) is 19.2. The molecule has 0 N–H and O–H groups in total. The van der Waals surface area contributed by atoms with Crippen LogP contribution in [0.1, 0.15) is 113 Å². The molecule has 3 fully saturated rings. The SMILES string of the molecule is CCCc1ccc(C2(c3ccc(CCC)cc3)CCCCC23CC2(CCCCC2)C3(Cl)Cl)cc1. The van der Waals surface area contributed by atoms with E-state index in [2.05, 4.69) is 62.4 Å². The molecule has 0 heterocycles. The van der Waals surface area contributed by atoms with Gasteiger partial charge in [0.1, 0.15) is 4.33 Å². The lowest BCUT2D eigenvalue weighted by atomic mass is 9.35. The van der Waals surface area contributed by atoms with Crippen molar-refractivity contribution in [3.8, 4) is 0 Å². The van der Waals surface area contributed by atoms with E-state index in [0.717, 1.165) is 25.7 Å². The number of hydrogen-bond acceptors (Lipinski definition) is 0. The average Bonchev–Trinajstić information content (AvgIpc) is 2.86. The van der Waals surface area contributed by atoms with Gasteiger partial charge in [-0.2, -0.15) is 0 Å². The Hall–Kier alpha value is -0.980. The van der Waals surface area contributed by atoms with Gasteiger partial charge < -0.3 is 0 Å². The lowest BCUT2D eigenvalue weighted by Gasteiger charge is -2.74. The first-order chi connectivity index (χ1) is 16.4. The van der Waals surface area contributed by atoms with Crippen LogP contribution in [0, 0.1) is 10.8 Å². The van der Waals surface area contributed by atoms with Crippen molar-refractivity contribution in [1.82, 2.24) is 0 Å². The van der Waals surface area contributed by atoms with Crippen LogP contribution in [0.3, 0.4) is 0 Å². The smallest absolute Gasteiger partial charge is 0.100 e. The zero-order chi connectivity index (χ0) is 23.9. The molecule has 3 aliphatic rings. The molecule has 2 aromatic carbocycles. The number of aryl methyl sites for hydroxylation is 2. The molecule has 0 amide bonds. The van der Waals surface area contributed by atoms with E-state index in [9.17, 15) is 0 Å². The van der Waals surface area contributed by atoms with Crippen LogP contribution in [0.4, 0.5) is 0 Å². The van der Waals surface area contributed by atoms with Crippen LogP contribution in [-0.4, -0.2) is 4.33 Å². The lowest BCUT2D eigenvalue weighted by Crippen LogP contribution is -2.73. The fourth-order valence-corrected chi connectivity index (χ4v) is 9.51. The second kappa shape index (κ2) is 9.48. The maximum absolute atomic E-state index is 7.69. The summed E-state index contributed by atoms with van der Waals surface area (Å²) in [5.74, 6) is 0. The molecule has 3 aliphatic carbocycles. The van der Waals surface area contributed by atoms with Crippen molar-refractivity contribution >= 4 is 23.2 Å². The zero-order valence-corrected chi connectivity index (χ0v) is 22.8. The third-order valence-electron chi connectivity index (χ3n) is 9.91. The molecule has 2 aromatic rings. The highest BCUT2D eigenvalue weighted by Crippen LogP contribution is 2.81. The minimum Gasteiger partial charge on any atom is -0.100 e. The van der Waals surface area contributed by atoms with Crippen molar-refractivity contribution in [1.29, 1.82) is 0 Å². The average molecular weight is 498 g/mol. The molecule has 0 radical (unpaired) electrons. The highest BCUT2D eigenvalue weighted by molar-refractivity contribution is 6.50. The molecular weight excluding hydrogens is 455 g/mol. The Morgan fingerprint density at radius 1 is 0.618 bits per heavy atom.